The predicted molar refractivity (Wildman–Crippen MR) is 94.8 cm³/mol. The SMILES string of the molecule is CC(N)C(O)(O)c1ccc(C=Cc2csc3ccccc23)s1. The molecule has 0 aliphatic rings. The van der Waals surface area contributed by atoms with Crippen LogP contribution in [0.2, 0.25) is 0 Å². The molecule has 4 N–H and O–H groups in total. The van der Waals surface area contributed by atoms with Crippen molar-refractivity contribution in [2.75, 3.05) is 0 Å². The molecule has 0 aliphatic heterocycles. The molecule has 0 saturated carbocycles. The summed E-state index contributed by atoms with van der Waals surface area (Å²) in [4.78, 5) is 1.41. The Morgan fingerprint density at radius 1 is 1.14 bits per heavy atom. The fraction of sp³-hybridized carbons (Fsp3) is 0.176. The number of hydrogen-bond acceptors (Lipinski definition) is 5. The van der Waals surface area contributed by atoms with Crippen molar-refractivity contribution in [1.82, 2.24) is 0 Å². The Kier molecular flexibility index (Phi) is 4.16. The third-order valence-corrected chi connectivity index (χ3v) is 5.71. The smallest absolute Gasteiger partial charge is 0.214 e. The maximum absolute atomic E-state index is 9.99. The van der Waals surface area contributed by atoms with Gasteiger partial charge in [-0.2, -0.15) is 0 Å². The van der Waals surface area contributed by atoms with Crippen LogP contribution in [0, 0.1) is 0 Å². The molecule has 3 nitrogen and oxygen atoms in total. The quantitative estimate of drug-likeness (QED) is 0.640. The van der Waals surface area contributed by atoms with Crippen molar-refractivity contribution in [2.24, 2.45) is 5.73 Å². The molecule has 1 aromatic carbocycles. The van der Waals surface area contributed by atoms with Crippen molar-refractivity contribution in [3.63, 3.8) is 0 Å². The molecule has 1 unspecified atom stereocenters. The van der Waals surface area contributed by atoms with Gasteiger partial charge < -0.3 is 15.9 Å². The van der Waals surface area contributed by atoms with Crippen LogP contribution in [-0.4, -0.2) is 16.3 Å². The summed E-state index contributed by atoms with van der Waals surface area (Å²) in [6.07, 6.45) is 4.04. The van der Waals surface area contributed by atoms with E-state index < -0.39 is 11.8 Å². The van der Waals surface area contributed by atoms with Crippen molar-refractivity contribution in [1.29, 1.82) is 0 Å². The summed E-state index contributed by atoms with van der Waals surface area (Å²) in [5.41, 5.74) is 6.78. The Labute approximate surface area is 137 Å². The Morgan fingerprint density at radius 2 is 1.91 bits per heavy atom. The number of thiophene rings is 2. The molecule has 0 bridgehead atoms. The summed E-state index contributed by atoms with van der Waals surface area (Å²) < 4.78 is 1.26. The van der Waals surface area contributed by atoms with Gasteiger partial charge in [0.2, 0.25) is 5.79 Å². The molecule has 2 heterocycles. The second-order valence-corrected chi connectivity index (χ2v) is 7.26. The van der Waals surface area contributed by atoms with Gasteiger partial charge in [-0.25, -0.2) is 0 Å². The Hall–Kier alpha value is -1.50. The molecule has 3 aromatic rings. The first-order valence-electron chi connectivity index (χ1n) is 6.93. The monoisotopic (exact) mass is 331 g/mol. The normalized spacial score (nSPS) is 14.0. The summed E-state index contributed by atoms with van der Waals surface area (Å²) >= 11 is 3.05. The topological polar surface area (TPSA) is 66.5 Å². The first kappa shape index (κ1) is 15.4. The van der Waals surface area contributed by atoms with E-state index in [1.165, 1.54) is 27.0 Å². The van der Waals surface area contributed by atoms with Gasteiger partial charge in [-0.05, 0) is 47.5 Å². The Morgan fingerprint density at radius 3 is 2.68 bits per heavy atom. The molecule has 5 heteroatoms. The molecule has 0 saturated heterocycles. The fourth-order valence-corrected chi connectivity index (χ4v) is 4.09. The van der Waals surface area contributed by atoms with E-state index in [2.05, 4.69) is 23.6 Å². The van der Waals surface area contributed by atoms with Gasteiger partial charge in [0.1, 0.15) is 0 Å². The van der Waals surface area contributed by atoms with Crippen LogP contribution in [0.1, 0.15) is 22.2 Å². The molecule has 22 heavy (non-hydrogen) atoms. The standard InChI is InChI=1S/C17H17NO2S2/c1-11(18)17(19,20)16-9-8-13(22-16)7-6-12-10-21-15-5-3-2-4-14(12)15/h2-11,19-20H,18H2,1H3. The van der Waals surface area contributed by atoms with Gasteiger partial charge in [-0.15, -0.1) is 22.7 Å². The fourth-order valence-electron chi connectivity index (χ4n) is 2.16. The molecule has 3 rings (SSSR count). The molecule has 0 fully saturated rings. The zero-order valence-corrected chi connectivity index (χ0v) is 13.7. The second kappa shape index (κ2) is 5.95. The van der Waals surface area contributed by atoms with Gasteiger partial charge >= 0.3 is 0 Å². The summed E-state index contributed by atoms with van der Waals surface area (Å²) in [6.45, 7) is 1.58. The lowest BCUT2D eigenvalue weighted by molar-refractivity contribution is -0.179. The third-order valence-electron chi connectivity index (χ3n) is 3.56. The van der Waals surface area contributed by atoms with Crippen LogP contribution >= 0.6 is 22.7 Å². The molecule has 0 aliphatic carbocycles. The van der Waals surface area contributed by atoms with Crippen molar-refractivity contribution in [3.8, 4) is 0 Å². The highest BCUT2D eigenvalue weighted by Gasteiger charge is 2.32. The lowest BCUT2D eigenvalue weighted by Crippen LogP contribution is -2.42. The van der Waals surface area contributed by atoms with Gasteiger partial charge in [0.05, 0.1) is 10.9 Å². The van der Waals surface area contributed by atoms with Crippen LogP contribution < -0.4 is 5.73 Å². The van der Waals surface area contributed by atoms with Crippen LogP contribution in [-0.2, 0) is 5.79 Å². The minimum atomic E-state index is -1.98. The number of aliphatic hydroxyl groups is 2. The van der Waals surface area contributed by atoms with Gasteiger partial charge in [-0.1, -0.05) is 24.3 Å². The van der Waals surface area contributed by atoms with Crippen LogP contribution in [0.3, 0.4) is 0 Å². The Balaban J connectivity index is 1.86. The van der Waals surface area contributed by atoms with E-state index in [0.29, 0.717) is 4.88 Å². The highest BCUT2D eigenvalue weighted by atomic mass is 32.1. The highest BCUT2D eigenvalue weighted by Crippen LogP contribution is 2.31. The van der Waals surface area contributed by atoms with Crippen LogP contribution in [0.4, 0.5) is 0 Å². The number of fused-ring (bicyclic) bond motifs is 1. The van der Waals surface area contributed by atoms with E-state index in [9.17, 15) is 10.2 Å². The molecule has 0 radical (unpaired) electrons. The van der Waals surface area contributed by atoms with Gasteiger partial charge in [0, 0.05) is 9.58 Å². The van der Waals surface area contributed by atoms with Gasteiger partial charge in [0.25, 0.3) is 0 Å². The third kappa shape index (κ3) is 2.86. The minimum Gasteiger partial charge on any atom is -0.360 e. The molecular weight excluding hydrogens is 314 g/mol. The van der Waals surface area contributed by atoms with Crippen LogP contribution in [0.15, 0.2) is 41.8 Å². The number of hydrogen-bond donors (Lipinski definition) is 3. The molecule has 2 aromatic heterocycles. The summed E-state index contributed by atoms with van der Waals surface area (Å²) in [6, 6.07) is 11.1. The summed E-state index contributed by atoms with van der Waals surface area (Å²) in [7, 11) is 0. The highest BCUT2D eigenvalue weighted by molar-refractivity contribution is 7.17. The van der Waals surface area contributed by atoms with Crippen molar-refractivity contribution < 1.29 is 10.2 Å². The molecule has 0 spiro atoms. The summed E-state index contributed by atoms with van der Waals surface area (Å²) in [5.74, 6) is -1.98. The summed E-state index contributed by atoms with van der Waals surface area (Å²) in [5, 5.41) is 23.3. The van der Waals surface area contributed by atoms with E-state index >= 15 is 0 Å². The first-order chi connectivity index (χ1) is 10.5. The number of nitrogens with two attached hydrogens (primary N) is 1. The maximum Gasteiger partial charge on any atom is 0.214 e. The van der Waals surface area contributed by atoms with E-state index in [1.807, 2.05) is 24.3 Å². The molecule has 1 atom stereocenters. The van der Waals surface area contributed by atoms with Crippen LogP contribution in [0.5, 0.6) is 0 Å². The minimum absolute atomic E-state index is 0.456. The second-order valence-electron chi connectivity index (χ2n) is 5.24. The average molecular weight is 331 g/mol. The number of benzene rings is 1. The van der Waals surface area contributed by atoms with Crippen molar-refractivity contribution >= 4 is 44.9 Å². The van der Waals surface area contributed by atoms with E-state index in [0.717, 1.165) is 4.88 Å². The Bertz CT molecular complexity index is 815. The van der Waals surface area contributed by atoms with Crippen molar-refractivity contribution in [3.05, 3.63) is 57.1 Å². The van der Waals surface area contributed by atoms with Gasteiger partial charge in [-0.3, -0.25) is 0 Å². The van der Waals surface area contributed by atoms with E-state index in [-0.39, 0.29) is 0 Å². The van der Waals surface area contributed by atoms with Gasteiger partial charge in [0.15, 0.2) is 0 Å². The largest absolute Gasteiger partial charge is 0.360 e. The van der Waals surface area contributed by atoms with Crippen LogP contribution in [0.25, 0.3) is 22.2 Å². The molecular formula is C17H17NO2S2. The zero-order chi connectivity index (χ0) is 15.7. The lowest BCUT2D eigenvalue weighted by Gasteiger charge is -2.23. The molecule has 114 valence electrons. The average Bonchev–Trinajstić information content (AvgIpc) is 3.12. The first-order valence-corrected chi connectivity index (χ1v) is 8.63. The van der Waals surface area contributed by atoms with E-state index in [1.54, 1.807) is 24.3 Å². The molecule has 0 amide bonds. The predicted octanol–water partition coefficient (Wildman–Crippen LogP) is 3.62. The number of rotatable bonds is 4. The zero-order valence-electron chi connectivity index (χ0n) is 12.1. The lowest BCUT2D eigenvalue weighted by atomic mass is 10.1. The van der Waals surface area contributed by atoms with Crippen molar-refractivity contribution in [2.45, 2.75) is 18.8 Å². The maximum atomic E-state index is 9.99. The van der Waals surface area contributed by atoms with E-state index in [4.69, 9.17) is 5.73 Å².